The molecule has 0 aliphatic heterocycles. The second-order valence-corrected chi connectivity index (χ2v) is 6.53. The Balaban J connectivity index is 1.31. The fraction of sp³-hybridized carbons (Fsp3) is 0.176. The topological polar surface area (TPSA) is 88.5 Å². The van der Waals surface area contributed by atoms with Crippen molar-refractivity contribution in [3.63, 3.8) is 0 Å². The molecule has 0 radical (unpaired) electrons. The minimum Gasteiger partial charge on any atom is -0.361 e. The molecule has 0 bridgehead atoms. The average Bonchev–Trinajstić information content (AvgIpc) is 3.35. The molecule has 4 rings (SSSR count). The lowest BCUT2D eigenvalue weighted by atomic mass is 10.1. The molecule has 2 N–H and O–H groups in total. The maximum atomic E-state index is 12.1. The number of nitrogens with zero attached hydrogens (tertiary/aromatic N) is 4. The molecule has 0 atom stereocenters. The summed E-state index contributed by atoms with van der Waals surface area (Å²) in [6.07, 6.45) is 2.75. The zero-order valence-electron chi connectivity index (χ0n) is 13.3. The van der Waals surface area contributed by atoms with Gasteiger partial charge in [0.15, 0.2) is 0 Å². The number of hydrogen-bond acceptors (Lipinski definition) is 5. The van der Waals surface area contributed by atoms with Gasteiger partial charge in [-0.1, -0.05) is 24.3 Å². The van der Waals surface area contributed by atoms with E-state index in [1.165, 1.54) is 27.1 Å². The largest absolute Gasteiger partial charge is 0.361 e. The summed E-state index contributed by atoms with van der Waals surface area (Å²) in [5.41, 5.74) is 2.30. The molecule has 3 aromatic heterocycles. The molecule has 3 heterocycles. The fourth-order valence-corrected chi connectivity index (χ4v) is 3.32. The van der Waals surface area contributed by atoms with Crippen molar-refractivity contribution in [2.24, 2.45) is 0 Å². The summed E-state index contributed by atoms with van der Waals surface area (Å²) < 4.78 is 0. The highest BCUT2D eigenvalue weighted by molar-refractivity contribution is 7.13. The van der Waals surface area contributed by atoms with Crippen molar-refractivity contribution < 1.29 is 4.79 Å². The highest BCUT2D eigenvalue weighted by Gasteiger charge is 2.10. The van der Waals surface area contributed by atoms with Gasteiger partial charge in [-0.3, -0.25) is 4.79 Å². The van der Waals surface area contributed by atoms with Gasteiger partial charge in [0.1, 0.15) is 6.54 Å². The second-order valence-electron chi connectivity index (χ2n) is 5.58. The summed E-state index contributed by atoms with van der Waals surface area (Å²) in [4.78, 5) is 17.5. The normalized spacial score (nSPS) is 11.0. The molecule has 7 nitrogen and oxygen atoms in total. The minimum atomic E-state index is -0.130. The second kappa shape index (κ2) is 6.86. The van der Waals surface area contributed by atoms with Crippen LogP contribution in [-0.2, 0) is 17.8 Å². The van der Waals surface area contributed by atoms with Crippen LogP contribution in [0.25, 0.3) is 21.6 Å². The van der Waals surface area contributed by atoms with Crippen LogP contribution in [0.3, 0.4) is 0 Å². The summed E-state index contributed by atoms with van der Waals surface area (Å²) in [6.45, 7) is 0.624. The minimum absolute atomic E-state index is 0.0618. The molecule has 0 unspecified atom stereocenters. The first-order chi connectivity index (χ1) is 12.3. The van der Waals surface area contributed by atoms with Crippen molar-refractivity contribution in [2.75, 3.05) is 6.54 Å². The van der Waals surface area contributed by atoms with E-state index in [1.54, 1.807) is 0 Å². The van der Waals surface area contributed by atoms with Gasteiger partial charge in [-0.25, -0.2) is 0 Å². The highest BCUT2D eigenvalue weighted by atomic mass is 32.1. The maximum absolute atomic E-state index is 12.1. The Bertz CT molecular complexity index is 988. The quantitative estimate of drug-likeness (QED) is 0.557. The van der Waals surface area contributed by atoms with Crippen molar-refractivity contribution >= 4 is 28.1 Å². The third-order valence-electron chi connectivity index (χ3n) is 3.87. The monoisotopic (exact) mass is 352 g/mol. The zero-order chi connectivity index (χ0) is 17.1. The van der Waals surface area contributed by atoms with Gasteiger partial charge < -0.3 is 10.3 Å². The number of hydrogen-bond donors (Lipinski definition) is 2. The predicted molar refractivity (Wildman–Crippen MR) is 96.1 cm³/mol. The van der Waals surface area contributed by atoms with Gasteiger partial charge >= 0.3 is 0 Å². The Labute approximate surface area is 147 Å². The van der Waals surface area contributed by atoms with Crippen LogP contribution in [0.1, 0.15) is 5.56 Å². The van der Waals surface area contributed by atoms with Gasteiger partial charge in [0.05, 0.1) is 4.88 Å². The lowest BCUT2D eigenvalue weighted by Crippen LogP contribution is -2.30. The van der Waals surface area contributed by atoms with Gasteiger partial charge in [-0.15, -0.1) is 21.5 Å². The molecule has 25 heavy (non-hydrogen) atoms. The van der Waals surface area contributed by atoms with E-state index in [-0.39, 0.29) is 12.5 Å². The van der Waals surface area contributed by atoms with Gasteiger partial charge in [0, 0.05) is 23.6 Å². The van der Waals surface area contributed by atoms with Crippen LogP contribution in [0.2, 0.25) is 0 Å². The predicted octanol–water partition coefficient (Wildman–Crippen LogP) is 2.24. The third-order valence-corrected chi connectivity index (χ3v) is 4.74. The Kier molecular flexibility index (Phi) is 4.26. The van der Waals surface area contributed by atoms with E-state index in [2.05, 4.69) is 31.8 Å². The highest BCUT2D eigenvalue weighted by Crippen LogP contribution is 2.19. The summed E-state index contributed by atoms with van der Waals surface area (Å²) in [6, 6.07) is 12.0. The van der Waals surface area contributed by atoms with E-state index in [0.29, 0.717) is 12.4 Å². The molecule has 1 amide bonds. The number of benzene rings is 1. The number of amides is 1. The molecule has 126 valence electrons. The van der Waals surface area contributed by atoms with E-state index in [4.69, 9.17) is 0 Å². The Hall–Kier alpha value is -3.00. The standard InChI is InChI=1S/C17H16N6OS/c24-16(11-23-21-17(20-22-23)15-6-3-9-25-15)18-8-7-12-10-19-14-5-2-1-4-13(12)14/h1-6,9-10,19H,7-8,11H2,(H,18,24). The number of carbonyl (C=O) groups is 1. The van der Waals surface area contributed by atoms with Crippen molar-refractivity contribution in [3.8, 4) is 10.7 Å². The summed E-state index contributed by atoms with van der Waals surface area (Å²) in [5.74, 6) is 0.413. The van der Waals surface area contributed by atoms with Crippen LogP contribution < -0.4 is 5.32 Å². The van der Waals surface area contributed by atoms with Crippen molar-refractivity contribution in [2.45, 2.75) is 13.0 Å². The van der Waals surface area contributed by atoms with Crippen LogP contribution >= 0.6 is 11.3 Å². The molecule has 1 aromatic carbocycles. The molecular formula is C17H16N6OS. The lowest BCUT2D eigenvalue weighted by Gasteiger charge is -2.04. The lowest BCUT2D eigenvalue weighted by molar-refractivity contribution is -0.122. The molecule has 0 fully saturated rings. The number of thiophene rings is 1. The van der Waals surface area contributed by atoms with Crippen LogP contribution in [0.4, 0.5) is 0 Å². The van der Waals surface area contributed by atoms with Crippen molar-refractivity contribution in [3.05, 3.63) is 53.5 Å². The molecule has 0 saturated carbocycles. The summed E-state index contributed by atoms with van der Waals surface area (Å²) in [5, 5.41) is 18.2. The van der Waals surface area contributed by atoms with Crippen LogP contribution in [-0.4, -0.2) is 37.6 Å². The first kappa shape index (κ1) is 15.5. The van der Waals surface area contributed by atoms with E-state index in [0.717, 1.165) is 16.8 Å². The first-order valence-corrected chi connectivity index (χ1v) is 8.81. The van der Waals surface area contributed by atoms with E-state index >= 15 is 0 Å². The van der Waals surface area contributed by atoms with Crippen LogP contribution in [0, 0.1) is 0 Å². The number of aromatic amines is 1. The zero-order valence-corrected chi connectivity index (χ0v) is 14.2. The van der Waals surface area contributed by atoms with E-state index in [9.17, 15) is 4.79 Å². The van der Waals surface area contributed by atoms with E-state index in [1.807, 2.05) is 41.9 Å². The smallest absolute Gasteiger partial charge is 0.243 e. The number of fused-ring (bicyclic) bond motifs is 1. The number of H-pyrrole nitrogens is 1. The number of carbonyl (C=O) groups excluding carboxylic acids is 1. The Morgan fingerprint density at radius 2 is 2.16 bits per heavy atom. The average molecular weight is 352 g/mol. The number of para-hydroxylation sites is 1. The first-order valence-electron chi connectivity index (χ1n) is 7.93. The number of tetrazole rings is 1. The maximum Gasteiger partial charge on any atom is 0.243 e. The molecule has 4 aromatic rings. The van der Waals surface area contributed by atoms with Gasteiger partial charge in [0.25, 0.3) is 0 Å². The molecule has 8 heteroatoms. The van der Waals surface area contributed by atoms with Gasteiger partial charge in [-0.05, 0) is 34.7 Å². The van der Waals surface area contributed by atoms with Gasteiger partial charge in [-0.2, -0.15) is 4.80 Å². The SMILES string of the molecule is O=C(Cn1nnc(-c2cccs2)n1)NCCc1c[nH]c2ccccc12. The molecule has 0 aliphatic carbocycles. The van der Waals surface area contributed by atoms with Crippen molar-refractivity contribution in [1.82, 2.24) is 30.5 Å². The summed E-state index contributed by atoms with van der Waals surface area (Å²) >= 11 is 1.54. The Morgan fingerprint density at radius 3 is 3.04 bits per heavy atom. The van der Waals surface area contributed by atoms with E-state index < -0.39 is 0 Å². The summed E-state index contributed by atoms with van der Waals surface area (Å²) in [7, 11) is 0. The van der Waals surface area contributed by atoms with Crippen LogP contribution in [0.15, 0.2) is 48.0 Å². The Morgan fingerprint density at radius 1 is 1.24 bits per heavy atom. The third kappa shape index (κ3) is 3.43. The number of nitrogens with one attached hydrogen (secondary N) is 2. The molecule has 0 aliphatic rings. The molecule has 0 spiro atoms. The van der Waals surface area contributed by atoms with Crippen molar-refractivity contribution in [1.29, 1.82) is 0 Å². The molecule has 0 saturated heterocycles. The fourth-order valence-electron chi connectivity index (χ4n) is 2.67. The van der Waals surface area contributed by atoms with Crippen LogP contribution in [0.5, 0.6) is 0 Å². The number of rotatable bonds is 6. The molecular weight excluding hydrogens is 336 g/mol. The number of aromatic nitrogens is 5. The van der Waals surface area contributed by atoms with Gasteiger partial charge in [0.2, 0.25) is 11.7 Å².